The van der Waals surface area contributed by atoms with Crippen LogP contribution in [-0.2, 0) is 16.1 Å². The quantitative estimate of drug-likeness (QED) is 0.676. The van der Waals surface area contributed by atoms with E-state index in [1.54, 1.807) is 6.07 Å². The molecule has 2 rings (SSSR count). The normalized spacial score (nSPS) is 14.9. The zero-order valence-electron chi connectivity index (χ0n) is 17.1. The molecule has 0 saturated heterocycles. The van der Waals surface area contributed by atoms with Crippen LogP contribution >= 0.6 is 0 Å². The molecule has 0 fully saturated rings. The van der Waals surface area contributed by atoms with E-state index in [2.05, 4.69) is 41.5 Å². The van der Waals surface area contributed by atoms with Gasteiger partial charge in [0.05, 0.1) is 5.41 Å². The number of rotatable bonds is 4. The molecule has 1 N–H and O–H groups in total. The Morgan fingerprint density at radius 2 is 1.50 bits per heavy atom. The topological polar surface area (TPSA) is 46.5 Å². The minimum Gasteiger partial charge on any atom is -0.507 e. The molecular weight excluding hydrogens is 324 g/mol. The Balaban J connectivity index is 2.28. The van der Waals surface area contributed by atoms with Gasteiger partial charge < -0.3 is 9.84 Å². The van der Waals surface area contributed by atoms with Crippen molar-refractivity contribution in [2.45, 2.75) is 61.5 Å². The van der Waals surface area contributed by atoms with Crippen molar-refractivity contribution in [1.82, 2.24) is 0 Å². The molecule has 1 atom stereocenters. The maximum Gasteiger partial charge on any atom is 0.312 e. The van der Waals surface area contributed by atoms with Crippen LogP contribution in [0.15, 0.2) is 36.4 Å². The molecule has 0 spiro atoms. The first kappa shape index (κ1) is 20.3. The molecule has 0 aromatic heterocycles. The van der Waals surface area contributed by atoms with Gasteiger partial charge in [-0.3, -0.25) is 4.79 Å². The van der Waals surface area contributed by atoms with Gasteiger partial charge in [0.15, 0.2) is 0 Å². The SMILES string of the molecule is CC(C)(C)CC(C)(C(=O)OCc1ccc(O)c2ccccc12)C(C)(C)C. The van der Waals surface area contributed by atoms with Crippen LogP contribution in [0, 0.1) is 16.2 Å². The molecule has 142 valence electrons. The number of hydrogen-bond acceptors (Lipinski definition) is 3. The Hall–Kier alpha value is -2.03. The highest BCUT2D eigenvalue weighted by Gasteiger charge is 2.47. The number of hydrogen-bond donors (Lipinski definition) is 1. The van der Waals surface area contributed by atoms with Crippen molar-refractivity contribution in [3.8, 4) is 5.75 Å². The summed E-state index contributed by atoms with van der Waals surface area (Å²) in [5.74, 6) is 0.0695. The number of ether oxygens (including phenoxy) is 1. The van der Waals surface area contributed by atoms with Crippen LogP contribution in [-0.4, -0.2) is 11.1 Å². The van der Waals surface area contributed by atoms with Crippen molar-refractivity contribution in [3.63, 3.8) is 0 Å². The van der Waals surface area contributed by atoms with Crippen molar-refractivity contribution >= 4 is 16.7 Å². The van der Waals surface area contributed by atoms with E-state index < -0.39 is 5.41 Å². The third kappa shape index (κ3) is 4.20. The van der Waals surface area contributed by atoms with Crippen molar-refractivity contribution in [1.29, 1.82) is 0 Å². The van der Waals surface area contributed by atoms with Gasteiger partial charge in [-0.1, -0.05) is 71.9 Å². The molecule has 0 amide bonds. The maximum atomic E-state index is 13.1. The third-order valence-corrected chi connectivity index (χ3v) is 5.34. The number of esters is 1. The lowest BCUT2D eigenvalue weighted by Crippen LogP contribution is -2.44. The summed E-state index contributed by atoms with van der Waals surface area (Å²) >= 11 is 0. The van der Waals surface area contributed by atoms with Crippen molar-refractivity contribution in [2.75, 3.05) is 0 Å². The molecular formula is C23H32O3. The number of phenols is 1. The standard InChI is InChI=1S/C23H32O3/c1-21(2,3)15-23(7,22(4,5)6)20(25)26-14-16-12-13-19(24)18-11-9-8-10-17(16)18/h8-13,24H,14-15H2,1-7H3. The first-order chi connectivity index (χ1) is 11.8. The van der Waals surface area contributed by atoms with Gasteiger partial charge in [0, 0.05) is 5.39 Å². The molecule has 3 nitrogen and oxygen atoms in total. The third-order valence-electron chi connectivity index (χ3n) is 5.34. The van der Waals surface area contributed by atoms with E-state index in [9.17, 15) is 9.90 Å². The minimum atomic E-state index is -0.585. The van der Waals surface area contributed by atoms with Crippen LogP contribution < -0.4 is 0 Å². The molecule has 26 heavy (non-hydrogen) atoms. The van der Waals surface area contributed by atoms with Gasteiger partial charge in [-0.2, -0.15) is 0 Å². The molecule has 0 bridgehead atoms. The fraction of sp³-hybridized carbons (Fsp3) is 0.522. The number of carbonyl (C=O) groups is 1. The average molecular weight is 357 g/mol. The van der Waals surface area contributed by atoms with E-state index in [0.29, 0.717) is 0 Å². The van der Waals surface area contributed by atoms with Crippen LogP contribution in [0.4, 0.5) is 0 Å². The summed E-state index contributed by atoms with van der Waals surface area (Å²) in [6.07, 6.45) is 0.749. The van der Waals surface area contributed by atoms with E-state index in [1.807, 2.05) is 37.3 Å². The summed E-state index contributed by atoms with van der Waals surface area (Å²) in [6.45, 7) is 14.9. The van der Waals surface area contributed by atoms with Gasteiger partial charge in [0.2, 0.25) is 0 Å². The Kier molecular flexibility index (Phi) is 5.41. The number of aromatic hydroxyl groups is 1. The lowest BCUT2D eigenvalue weighted by molar-refractivity contribution is -0.166. The second kappa shape index (κ2) is 6.94. The Morgan fingerprint density at radius 1 is 0.923 bits per heavy atom. The van der Waals surface area contributed by atoms with E-state index >= 15 is 0 Å². The predicted molar refractivity (Wildman–Crippen MR) is 107 cm³/mol. The largest absolute Gasteiger partial charge is 0.507 e. The summed E-state index contributed by atoms with van der Waals surface area (Å²) in [5, 5.41) is 11.7. The van der Waals surface area contributed by atoms with Crippen LogP contribution in [0.3, 0.4) is 0 Å². The Bertz CT molecular complexity index is 793. The van der Waals surface area contributed by atoms with Gasteiger partial charge in [0.1, 0.15) is 12.4 Å². The molecule has 0 aliphatic rings. The summed E-state index contributed by atoms with van der Waals surface area (Å²) in [5.41, 5.74) is 0.123. The van der Waals surface area contributed by atoms with Crippen molar-refractivity contribution in [3.05, 3.63) is 42.0 Å². The molecule has 0 heterocycles. The summed E-state index contributed by atoms with van der Waals surface area (Å²) in [6, 6.07) is 11.1. The van der Waals surface area contributed by atoms with Crippen LogP contribution in [0.5, 0.6) is 5.75 Å². The molecule has 1 unspecified atom stereocenters. The monoisotopic (exact) mass is 356 g/mol. The van der Waals surface area contributed by atoms with Gasteiger partial charge in [-0.25, -0.2) is 0 Å². The number of phenolic OH excluding ortho intramolecular Hbond substituents is 1. The van der Waals surface area contributed by atoms with E-state index in [4.69, 9.17) is 4.74 Å². The van der Waals surface area contributed by atoms with E-state index in [0.717, 1.165) is 22.8 Å². The number of carbonyl (C=O) groups excluding carboxylic acids is 1. The first-order valence-electron chi connectivity index (χ1n) is 9.22. The summed E-state index contributed by atoms with van der Waals surface area (Å²) in [7, 11) is 0. The van der Waals surface area contributed by atoms with Gasteiger partial charge in [0.25, 0.3) is 0 Å². The zero-order valence-corrected chi connectivity index (χ0v) is 17.1. The van der Waals surface area contributed by atoms with Gasteiger partial charge >= 0.3 is 5.97 Å². The predicted octanol–water partition coefficient (Wildman–Crippen LogP) is 6.08. The Labute approximate surface area is 157 Å². The lowest BCUT2D eigenvalue weighted by Gasteiger charge is -2.43. The van der Waals surface area contributed by atoms with Gasteiger partial charge in [-0.05, 0) is 41.2 Å². The van der Waals surface area contributed by atoms with Crippen molar-refractivity contribution in [2.24, 2.45) is 16.2 Å². The van der Waals surface area contributed by atoms with E-state index in [1.165, 1.54) is 0 Å². The van der Waals surface area contributed by atoms with Crippen molar-refractivity contribution < 1.29 is 14.6 Å². The highest BCUT2D eigenvalue weighted by Crippen LogP contribution is 2.47. The fourth-order valence-corrected chi connectivity index (χ4v) is 3.48. The highest BCUT2D eigenvalue weighted by molar-refractivity contribution is 5.90. The lowest BCUT2D eigenvalue weighted by atomic mass is 9.61. The maximum absolute atomic E-state index is 13.1. The fourth-order valence-electron chi connectivity index (χ4n) is 3.48. The van der Waals surface area contributed by atoms with Crippen LogP contribution in [0.2, 0.25) is 0 Å². The van der Waals surface area contributed by atoms with E-state index in [-0.39, 0.29) is 29.2 Å². The minimum absolute atomic E-state index is 0.0201. The molecule has 0 aliphatic heterocycles. The zero-order chi connectivity index (χ0) is 19.8. The smallest absolute Gasteiger partial charge is 0.312 e. The number of benzene rings is 2. The number of fused-ring (bicyclic) bond motifs is 1. The first-order valence-corrected chi connectivity index (χ1v) is 9.22. The van der Waals surface area contributed by atoms with Crippen LogP contribution in [0.25, 0.3) is 10.8 Å². The second-order valence-electron chi connectivity index (χ2n) is 9.69. The highest BCUT2D eigenvalue weighted by atomic mass is 16.5. The second-order valence-corrected chi connectivity index (χ2v) is 9.69. The Morgan fingerprint density at radius 3 is 2.04 bits per heavy atom. The van der Waals surface area contributed by atoms with Gasteiger partial charge in [-0.15, -0.1) is 0 Å². The average Bonchev–Trinajstić information content (AvgIpc) is 2.51. The molecule has 0 aliphatic carbocycles. The molecule has 2 aromatic carbocycles. The van der Waals surface area contributed by atoms with Crippen LogP contribution in [0.1, 0.15) is 60.5 Å². The summed E-state index contributed by atoms with van der Waals surface area (Å²) < 4.78 is 5.79. The molecule has 2 aromatic rings. The molecule has 0 radical (unpaired) electrons. The molecule has 3 heteroatoms. The molecule has 0 saturated carbocycles. The summed E-state index contributed by atoms with van der Waals surface area (Å²) in [4.78, 5) is 13.1.